The number of piperidine rings is 2. The number of benzene rings is 3. The van der Waals surface area contributed by atoms with Crippen molar-refractivity contribution in [3.05, 3.63) is 89.5 Å². The summed E-state index contributed by atoms with van der Waals surface area (Å²) in [6.45, 7) is 5.27. The number of nitrogens with one attached hydrogen (secondary N) is 2. The van der Waals surface area contributed by atoms with Crippen molar-refractivity contribution < 1.29 is 28.2 Å². The average Bonchev–Trinajstić information content (AvgIpc) is 3.87. The van der Waals surface area contributed by atoms with Crippen LogP contribution in [0.15, 0.2) is 66.9 Å². The molecule has 3 aliphatic heterocycles. The molecule has 4 fully saturated rings. The molecule has 9 rings (SSSR count). The van der Waals surface area contributed by atoms with Gasteiger partial charge in [0.25, 0.3) is 5.91 Å². The van der Waals surface area contributed by atoms with Gasteiger partial charge in [0.1, 0.15) is 11.8 Å². The summed E-state index contributed by atoms with van der Waals surface area (Å²) in [5.41, 5.74) is 3.91. The van der Waals surface area contributed by atoms with Crippen molar-refractivity contribution in [3.63, 3.8) is 0 Å². The number of ether oxygens (including phenoxy) is 2. The van der Waals surface area contributed by atoms with E-state index in [1.165, 1.54) is 0 Å². The van der Waals surface area contributed by atoms with Crippen molar-refractivity contribution in [2.24, 2.45) is 18.9 Å². The number of rotatable bonds is 11. The Hall–Kier alpha value is -6.07. The van der Waals surface area contributed by atoms with E-state index >= 15 is 4.39 Å². The van der Waals surface area contributed by atoms with E-state index in [0.717, 1.165) is 94.5 Å². The molecule has 316 valence electrons. The molecule has 0 radical (unpaired) electrons. The van der Waals surface area contributed by atoms with Crippen LogP contribution >= 0.6 is 0 Å². The van der Waals surface area contributed by atoms with E-state index in [-0.39, 0.29) is 47.4 Å². The zero-order valence-corrected chi connectivity index (χ0v) is 34.4. The highest BCUT2D eigenvalue weighted by Crippen LogP contribution is 2.36. The molecule has 14 heteroatoms. The fourth-order valence-electron chi connectivity index (χ4n) is 9.73. The Morgan fingerprint density at radius 3 is 2.48 bits per heavy atom. The van der Waals surface area contributed by atoms with Gasteiger partial charge < -0.3 is 24.6 Å². The van der Waals surface area contributed by atoms with Gasteiger partial charge in [-0.3, -0.25) is 29.4 Å². The second-order valence-corrected chi connectivity index (χ2v) is 17.2. The molecule has 61 heavy (non-hydrogen) atoms. The Bertz CT molecular complexity index is 2490. The lowest BCUT2D eigenvalue weighted by atomic mass is 9.92. The summed E-state index contributed by atoms with van der Waals surface area (Å²) in [5, 5.41) is 20.7. The van der Waals surface area contributed by atoms with Crippen LogP contribution in [-0.4, -0.2) is 88.9 Å². The third-order valence-electron chi connectivity index (χ3n) is 13.1. The van der Waals surface area contributed by atoms with E-state index in [4.69, 9.17) is 9.47 Å². The van der Waals surface area contributed by atoms with Crippen LogP contribution in [0.25, 0.3) is 21.8 Å². The quantitative estimate of drug-likeness (QED) is 0.143. The minimum atomic E-state index is -0.687. The first-order valence-electron chi connectivity index (χ1n) is 21.6. The van der Waals surface area contributed by atoms with Gasteiger partial charge in [-0.25, -0.2) is 4.39 Å². The normalized spacial score (nSPS) is 22.6. The molecule has 2 N–H and O–H groups in total. The number of anilines is 1. The molecule has 2 atom stereocenters. The van der Waals surface area contributed by atoms with Crippen molar-refractivity contribution in [1.29, 1.82) is 5.26 Å². The van der Waals surface area contributed by atoms with Crippen LogP contribution in [0.2, 0.25) is 0 Å². The minimum absolute atomic E-state index is 0.0403. The molecule has 4 aliphatic rings. The number of pyridine rings is 1. The Balaban J connectivity index is 0.703. The van der Waals surface area contributed by atoms with Crippen molar-refractivity contribution in [1.82, 2.24) is 30.3 Å². The van der Waals surface area contributed by atoms with Crippen LogP contribution < -0.4 is 25.0 Å². The molecule has 0 unspecified atom stereocenters. The summed E-state index contributed by atoms with van der Waals surface area (Å²) >= 11 is 0. The van der Waals surface area contributed by atoms with Crippen LogP contribution in [-0.2, 0) is 16.6 Å². The molecule has 13 nitrogen and oxygen atoms in total. The zero-order valence-electron chi connectivity index (χ0n) is 34.4. The van der Waals surface area contributed by atoms with Gasteiger partial charge in [-0.1, -0.05) is 0 Å². The lowest BCUT2D eigenvalue weighted by Crippen LogP contribution is -2.40. The number of hydrogen-bond acceptors (Lipinski definition) is 10. The minimum Gasteiger partial charge on any atom is -0.490 e. The first kappa shape index (κ1) is 40.3. The van der Waals surface area contributed by atoms with Gasteiger partial charge in [-0.15, -0.1) is 0 Å². The number of carbonyl (C=O) groups excluding carboxylic acids is 3. The molecule has 3 aromatic carbocycles. The van der Waals surface area contributed by atoms with Crippen LogP contribution in [0.3, 0.4) is 0 Å². The second-order valence-electron chi connectivity index (χ2n) is 17.2. The van der Waals surface area contributed by atoms with Crippen LogP contribution in [0.4, 0.5) is 10.1 Å². The highest BCUT2D eigenvalue weighted by atomic mass is 19.1. The predicted octanol–water partition coefficient (Wildman–Crippen LogP) is 6.39. The average molecular weight is 827 g/mol. The lowest BCUT2D eigenvalue weighted by Gasteiger charge is -2.35. The van der Waals surface area contributed by atoms with Gasteiger partial charge >= 0.3 is 0 Å². The van der Waals surface area contributed by atoms with Gasteiger partial charge in [0, 0.05) is 74.4 Å². The number of aromatic nitrogens is 3. The Labute approximate surface area is 354 Å². The summed E-state index contributed by atoms with van der Waals surface area (Å²) < 4.78 is 30.0. The number of amides is 3. The van der Waals surface area contributed by atoms with Crippen molar-refractivity contribution >= 4 is 45.2 Å². The maximum Gasteiger partial charge on any atom is 0.251 e. The molecule has 2 aromatic heterocycles. The van der Waals surface area contributed by atoms with Gasteiger partial charge in [0.05, 0.1) is 46.3 Å². The fraction of sp³-hybridized carbons (Fsp3) is 0.447. The van der Waals surface area contributed by atoms with Gasteiger partial charge in [-0.05, 0) is 124 Å². The molecule has 3 amide bonds. The molecule has 5 aromatic rings. The van der Waals surface area contributed by atoms with Crippen molar-refractivity contribution in [2.75, 3.05) is 44.2 Å². The third kappa shape index (κ3) is 8.61. The van der Waals surface area contributed by atoms with E-state index in [2.05, 4.69) is 48.7 Å². The van der Waals surface area contributed by atoms with Crippen LogP contribution in [0.1, 0.15) is 85.3 Å². The Morgan fingerprint density at radius 1 is 0.934 bits per heavy atom. The number of imide groups is 1. The fourth-order valence-corrected chi connectivity index (χ4v) is 9.73. The number of fused-ring (bicyclic) bond motifs is 2. The van der Waals surface area contributed by atoms with E-state index in [9.17, 15) is 19.6 Å². The van der Waals surface area contributed by atoms with Gasteiger partial charge in [0.2, 0.25) is 11.8 Å². The standard InChI is InChI=1S/C47H51FN8O5/c1-54-38-14-16-40(43(48)42(38)45(53-54)37-13-17-41(57)52-47(37)59)60-28-30-18-22-55(27-30)26-29-19-23-56(24-20-29)34-9-4-31(5-10-34)46(58)51-33-7-11-35(12-8-33)61-39-15-6-32(25-49)44-36(39)3-2-21-50-44/h2-6,9-10,14-16,21,29-30,33,35,37H,7-8,11-13,17-20,22-24,26-28H2,1H3,(H,51,58)(H,52,57,59)/t30-,33?,35?,37-/m1/s1. The number of likely N-dealkylation sites (tertiary alicyclic amines) is 1. The molecular formula is C47H51FN8O5. The van der Waals surface area contributed by atoms with E-state index < -0.39 is 17.6 Å². The number of nitrogens with zero attached hydrogens (tertiary/aromatic N) is 6. The largest absolute Gasteiger partial charge is 0.490 e. The highest BCUT2D eigenvalue weighted by molar-refractivity contribution is 6.02. The summed E-state index contributed by atoms with van der Waals surface area (Å²) in [5.74, 6) is -0.228. The maximum atomic E-state index is 15.9. The Morgan fingerprint density at radius 2 is 1.70 bits per heavy atom. The monoisotopic (exact) mass is 826 g/mol. The summed E-state index contributed by atoms with van der Waals surface area (Å²) in [6.07, 6.45) is 8.73. The summed E-state index contributed by atoms with van der Waals surface area (Å²) in [4.78, 5) is 46.8. The van der Waals surface area contributed by atoms with E-state index in [0.29, 0.717) is 46.8 Å². The van der Waals surface area contributed by atoms with E-state index in [1.807, 2.05) is 30.3 Å². The van der Waals surface area contributed by atoms with Crippen molar-refractivity contribution in [2.45, 2.75) is 75.9 Å². The second kappa shape index (κ2) is 17.5. The number of carbonyl (C=O) groups is 3. The molecule has 1 saturated carbocycles. The van der Waals surface area contributed by atoms with E-state index in [1.54, 1.807) is 36.1 Å². The summed E-state index contributed by atoms with van der Waals surface area (Å²) in [6, 6.07) is 21.1. The summed E-state index contributed by atoms with van der Waals surface area (Å²) in [7, 11) is 1.72. The first-order valence-corrected chi connectivity index (χ1v) is 21.6. The molecule has 5 heterocycles. The first-order chi connectivity index (χ1) is 29.7. The SMILES string of the molecule is Cn1nc([C@H]2CCC(=O)NC2=O)c2c(F)c(OC[C@@H]3CCN(CC4CCN(c5ccc(C(=O)NC6CCC(Oc7ccc(C#N)c8ncccc78)CC6)cc5)CC4)C3)ccc21. The lowest BCUT2D eigenvalue weighted by molar-refractivity contribution is -0.134. The van der Waals surface area contributed by atoms with Crippen LogP contribution in [0.5, 0.6) is 11.5 Å². The molecule has 0 bridgehead atoms. The third-order valence-corrected chi connectivity index (χ3v) is 13.1. The van der Waals surface area contributed by atoms with Crippen LogP contribution in [0, 0.1) is 29.0 Å². The van der Waals surface area contributed by atoms with Crippen molar-refractivity contribution in [3.8, 4) is 17.6 Å². The van der Waals surface area contributed by atoms with Gasteiger partial charge in [0.15, 0.2) is 11.6 Å². The molecule has 1 aliphatic carbocycles. The molecule has 3 saturated heterocycles. The number of halogens is 1. The molecule has 0 spiro atoms. The smallest absolute Gasteiger partial charge is 0.251 e. The number of nitriles is 1. The number of hydrogen-bond donors (Lipinski definition) is 2. The Kier molecular flexibility index (Phi) is 11.6. The topological polar surface area (TPSA) is 155 Å². The molecular weight excluding hydrogens is 776 g/mol. The predicted molar refractivity (Wildman–Crippen MR) is 228 cm³/mol. The maximum absolute atomic E-state index is 15.9. The zero-order chi connectivity index (χ0) is 42.0. The highest BCUT2D eigenvalue weighted by Gasteiger charge is 2.34. The number of aryl methyl sites for hydroxylation is 1. The van der Waals surface area contributed by atoms with Gasteiger partial charge in [-0.2, -0.15) is 10.4 Å².